The highest BCUT2D eigenvalue weighted by Gasteiger charge is 2.19. The van der Waals surface area contributed by atoms with Crippen molar-refractivity contribution >= 4 is 23.6 Å². The van der Waals surface area contributed by atoms with Gasteiger partial charge in [0.2, 0.25) is 0 Å². The first-order valence-electron chi connectivity index (χ1n) is 6.72. The maximum atomic E-state index is 5.36. The summed E-state index contributed by atoms with van der Waals surface area (Å²) >= 11 is 7.06. The van der Waals surface area contributed by atoms with E-state index in [1.54, 1.807) is 11.3 Å². The van der Waals surface area contributed by atoms with Crippen molar-refractivity contribution in [2.24, 2.45) is 0 Å². The lowest BCUT2D eigenvalue weighted by Crippen LogP contribution is -2.06. The summed E-state index contributed by atoms with van der Waals surface area (Å²) < 4.78 is 2.81. The van der Waals surface area contributed by atoms with Gasteiger partial charge in [-0.15, -0.1) is 11.3 Å². The zero-order chi connectivity index (χ0) is 14.0. The van der Waals surface area contributed by atoms with Gasteiger partial charge in [-0.1, -0.05) is 20.3 Å². The van der Waals surface area contributed by atoms with E-state index >= 15 is 0 Å². The first-order chi connectivity index (χ1) is 9.08. The number of H-pyrrole nitrogens is 1. The van der Waals surface area contributed by atoms with Crippen LogP contribution in [0, 0.1) is 11.7 Å². The second kappa shape index (κ2) is 5.96. The van der Waals surface area contributed by atoms with E-state index in [4.69, 9.17) is 12.2 Å². The van der Waals surface area contributed by atoms with Crippen LogP contribution in [-0.2, 0) is 6.42 Å². The van der Waals surface area contributed by atoms with Gasteiger partial charge >= 0.3 is 0 Å². The molecule has 4 nitrogen and oxygen atoms in total. The molecule has 6 heteroatoms. The highest BCUT2D eigenvalue weighted by molar-refractivity contribution is 7.71. The minimum Gasteiger partial charge on any atom is -0.297 e. The highest BCUT2D eigenvalue weighted by atomic mass is 32.1. The third kappa shape index (κ3) is 2.79. The molecule has 0 saturated carbocycles. The van der Waals surface area contributed by atoms with Crippen molar-refractivity contribution in [2.75, 3.05) is 0 Å². The summed E-state index contributed by atoms with van der Waals surface area (Å²) in [5.74, 6) is 0.938. The molecule has 0 aromatic carbocycles. The number of aromatic amines is 1. The molecule has 0 aliphatic heterocycles. The van der Waals surface area contributed by atoms with E-state index in [1.807, 2.05) is 6.92 Å². The molecule has 104 valence electrons. The fourth-order valence-electron chi connectivity index (χ4n) is 2.11. The van der Waals surface area contributed by atoms with Crippen LogP contribution in [0.25, 0.3) is 10.7 Å². The molecule has 0 fully saturated rings. The van der Waals surface area contributed by atoms with E-state index in [-0.39, 0.29) is 0 Å². The lowest BCUT2D eigenvalue weighted by atomic mass is 10.2. The van der Waals surface area contributed by atoms with E-state index in [0.29, 0.717) is 10.8 Å². The lowest BCUT2D eigenvalue weighted by molar-refractivity contribution is 0.529. The summed E-state index contributed by atoms with van der Waals surface area (Å²) in [6, 6.07) is 0.345. The fourth-order valence-corrected chi connectivity index (χ4v) is 3.37. The molecule has 1 N–H and O–H groups in total. The van der Waals surface area contributed by atoms with Gasteiger partial charge < -0.3 is 0 Å². The van der Waals surface area contributed by atoms with Gasteiger partial charge in [0.1, 0.15) is 0 Å². The number of thiazole rings is 1. The summed E-state index contributed by atoms with van der Waals surface area (Å²) in [7, 11) is 0. The predicted molar refractivity (Wildman–Crippen MR) is 82.3 cm³/mol. The number of rotatable bonds is 5. The number of hydrogen-bond donors (Lipinski definition) is 1. The molecule has 2 aromatic rings. The summed E-state index contributed by atoms with van der Waals surface area (Å²) in [6.45, 7) is 8.54. The van der Waals surface area contributed by atoms with Gasteiger partial charge in [0, 0.05) is 6.04 Å². The van der Waals surface area contributed by atoms with Crippen molar-refractivity contribution in [1.82, 2.24) is 19.7 Å². The third-order valence-corrected chi connectivity index (χ3v) is 4.53. The van der Waals surface area contributed by atoms with Crippen LogP contribution in [-0.4, -0.2) is 19.7 Å². The molecule has 0 spiro atoms. The van der Waals surface area contributed by atoms with Gasteiger partial charge in [0.05, 0.1) is 15.6 Å². The molecule has 1 unspecified atom stereocenters. The smallest absolute Gasteiger partial charge is 0.195 e. The summed E-state index contributed by atoms with van der Waals surface area (Å²) in [5, 5.41) is 8.44. The Morgan fingerprint density at radius 2 is 2.16 bits per heavy atom. The average molecular weight is 296 g/mol. The molecule has 2 heterocycles. The lowest BCUT2D eigenvalue weighted by Gasteiger charge is -2.12. The fraction of sp³-hybridized carbons (Fsp3) is 0.615. The van der Waals surface area contributed by atoms with Crippen LogP contribution in [0.4, 0.5) is 0 Å². The molecule has 2 aromatic heterocycles. The Bertz CT molecular complexity index is 608. The topological polar surface area (TPSA) is 46.5 Å². The van der Waals surface area contributed by atoms with Gasteiger partial charge in [-0.3, -0.25) is 9.67 Å². The Labute approximate surface area is 122 Å². The van der Waals surface area contributed by atoms with Gasteiger partial charge in [0.25, 0.3) is 0 Å². The minimum atomic E-state index is 0.345. The van der Waals surface area contributed by atoms with E-state index < -0.39 is 0 Å². The van der Waals surface area contributed by atoms with Gasteiger partial charge in [-0.05, 0) is 38.9 Å². The zero-order valence-electron chi connectivity index (χ0n) is 11.9. The number of aryl methyl sites for hydroxylation is 2. The van der Waals surface area contributed by atoms with Gasteiger partial charge in [-0.25, -0.2) is 4.98 Å². The maximum Gasteiger partial charge on any atom is 0.195 e. The Hall–Kier alpha value is -1.01. The average Bonchev–Trinajstić information content (AvgIpc) is 2.92. The second-order valence-electron chi connectivity index (χ2n) is 4.74. The molecule has 0 bridgehead atoms. The van der Waals surface area contributed by atoms with Crippen LogP contribution in [0.5, 0.6) is 0 Å². The largest absolute Gasteiger partial charge is 0.297 e. The van der Waals surface area contributed by atoms with Crippen molar-refractivity contribution in [3.8, 4) is 10.7 Å². The molecule has 0 aliphatic carbocycles. The Morgan fingerprint density at radius 3 is 2.79 bits per heavy atom. The Morgan fingerprint density at radius 1 is 1.42 bits per heavy atom. The molecule has 19 heavy (non-hydrogen) atoms. The van der Waals surface area contributed by atoms with E-state index in [9.17, 15) is 0 Å². The predicted octanol–water partition coefficient (Wildman–Crippen LogP) is 4.30. The first kappa shape index (κ1) is 14.4. The molecule has 0 saturated heterocycles. The van der Waals surface area contributed by atoms with Crippen molar-refractivity contribution < 1.29 is 0 Å². The van der Waals surface area contributed by atoms with Gasteiger partial charge in [0.15, 0.2) is 10.6 Å². The zero-order valence-corrected chi connectivity index (χ0v) is 13.5. The molecule has 1 atom stereocenters. The number of nitrogens with zero attached hydrogens (tertiary/aromatic N) is 3. The molecule has 2 rings (SSSR count). The highest BCUT2D eigenvalue weighted by Crippen LogP contribution is 2.31. The normalized spacial score (nSPS) is 12.8. The molecule has 0 aliphatic rings. The SMILES string of the molecule is CCCc1nc(C)sc1-c1n[nH]c(=S)n1C(C)CC. The van der Waals surface area contributed by atoms with Crippen LogP contribution in [0.3, 0.4) is 0 Å². The van der Waals surface area contributed by atoms with Gasteiger partial charge in [-0.2, -0.15) is 5.10 Å². The van der Waals surface area contributed by atoms with Crippen molar-refractivity contribution in [2.45, 2.75) is 53.0 Å². The number of aromatic nitrogens is 4. The van der Waals surface area contributed by atoms with E-state index in [1.165, 1.54) is 0 Å². The maximum absolute atomic E-state index is 5.36. The van der Waals surface area contributed by atoms with Crippen molar-refractivity contribution in [3.63, 3.8) is 0 Å². The molecule has 0 amide bonds. The Balaban J connectivity index is 2.56. The summed E-state index contributed by atoms with van der Waals surface area (Å²) in [5.41, 5.74) is 1.14. The van der Waals surface area contributed by atoms with Crippen LogP contribution in [0.15, 0.2) is 0 Å². The molecule has 0 radical (unpaired) electrons. The number of nitrogens with one attached hydrogen (secondary N) is 1. The standard InChI is InChI=1S/C13H20N4S2/c1-5-7-10-11(19-9(4)14-10)12-15-16-13(18)17(12)8(3)6-2/h8H,5-7H2,1-4H3,(H,16,18). The molecular formula is C13H20N4S2. The van der Waals surface area contributed by atoms with Crippen molar-refractivity contribution in [1.29, 1.82) is 0 Å². The summed E-state index contributed by atoms with van der Waals surface area (Å²) in [6.07, 6.45) is 3.10. The van der Waals surface area contributed by atoms with Crippen LogP contribution >= 0.6 is 23.6 Å². The van der Waals surface area contributed by atoms with Crippen LogP contribution in [0.2, 0.25) is 0 Å². The number of hydrogen-bond acceptors (Lipinski definition) is 4. The van der Waals surface area contributed by atoms with Crippen LogP contribution < -0.4 is 0 Å². The monoisotopic (exact) mass is 296 g/mol. The van der Waals surface area contributed by atoms with E-state index in [2.05, 4.69) is 40.5 Å². The first-order valence-corrected chi connectivity index (χ1v) is 7.94. The quantitative estimate of drug-likeness (QED) is 0.837. The second-order valence-corrected chi connectivity index (χ2v) is 6.33. The van der Waals surface area contributed by atoms with E-state index in [0.717, 1.165) is 40.7 Å². The third-order valence-electron chi connectivity index (χ3n) is 3.23. The minimum absolute atomic E-state index is 0.345. The molecular weight excluding hydrogens is 276 g/mol. The summed E-state index contributed by atoms with van der Waals surface area (Å²) in [4.78, 5) is 5.79. The van der Waals surface area contributed by atoms with Crippen molar-refractivity contribution in [3.05, 3.63) is 15.5 Å². The Kier molecular flexibility index (Phi) is 4.52. The van der Waals surface area contributed by atoms with Crippen LogP contribution in [0.1, 0.15) is 50.4 Å².